The van der Waals surface area contributed by atoms with Crippen LogP contribution in [0.2, 0.25) is 0 Å². The molecular weight excluding hydrogens is 355 g/mol. The van der Waals surface area contributed by atoms with Crippen LogP contribution in [0.15, 0.2) is 17.6 Å². The van der Waals surface area contributed by atoms with E-state index in [1.807, 2.05) is 29.9 Å². The summed E-state index contributed by atoms with van der Waals surface area (Å²) in [5.41, 5.74) is 2.74. The van der Waals surface area contributed by atoms with E-state index in [4.69, 9.17) is 0 Å². The van der Waals surface area contributed by atoms with Crippen LogP contribution < -0.4 is 10.6 Å². The number of amides is 1. The van der Waals surface area contributed by atoms with Gasteiger partial charge in [-0.25, -0.2) is 4.98 Å². The zero-order chi connectivity index (χ0) is 14.8. The summed E-state index contributed by atoms with van der Waals surface area (Å²) in [6.07, 6.45) is 3.78. The molecule has 3 rings (SSSR count). The van der Waals surface area contributed by atoms with Crippen molar-refractivity contribution in [2.45, 2.75) is 32.7 Å². The Balaban J connectivity index is 0.00000132. The Kier molecular flexibility index (Phi) is 7.54. The summed E-state index contributed by atoms with van der Waals surface area (Å²) in [7, 11) is 0. The molecule has 1 saturated heterocycles. The molecule has 1 aliphatic heterocycles. The topological polar surface area (TPSA) is 59.0 Å². The maximum absolute atomic E-state index is 12.5. The number of aryl methyl sites for hydroxylation is 1. The van der Waals surface area contributed by atoms with Crippen LogP contribution in [0.3, 0.4) is 0 Å². The van der Waals surface area contributed by atoms with Gasteiger partial charge in [0.2, 0.25) is 0 Å². The van der Waals surface area contributed by atoms with E-state index in [-0.39, 0.29) is 36.8 Å². The molecule has 0 radical (unpaired) electrons. The number of thiazole rings is 1. The predicted molar refractivity (Wildman–Crippen MR) is 98.8 cm³/mol. The fourth-order valence-electron chi connectivity index (χ4n) is 2.84. The Morgan fingerprint density at radius 3 is 2.65 bits per heavy atom. The first-order valence-corrected chi connectivity index (χ1v) is 8.15. The lowest BCUT2D eigenvalue weighted by Gasteiger charge is -2.23. The summed E-state index contributed by atoms with van der Waals surface area (Å²) < 4.78 is 2.04. The van der Waals surface area contributed by atoms with Gasteiger partial charge in [0.05, 0.1) is 5.56 Å². The molecule has 0 unspecified atom stereocenters. The summed E-state index contributed by atoms with van der Waals surface area (Å²) in [5.74, 6) is 0.0257. The van der Waals surface area contributed by atoms with Crippen LogP contribution in [0.4, 0.5) is 0 Å². The number of nitrogens with zero attached hydrogens (tertiary/aromatic N) is 2. The van der Waals surface area contributed by atoms with Crippen LogP contribution in [0.25, 0.3) is 5.13 Å². The van der Waals surface area contributed by atoms with Gasteiger partial charge in [0.15, 0.2) is 5.13 Å². The third-order valence-corrected chi connectivity index (χ3v) is 4.72. The lowest BCUT2D eigenvalue weighted by Crippen LogP contribution is -2.42. The lowest BCUT2D eigenvalue weighted by atomic mass is 10.1. The smallest absolute Gasteiger partial charge is 0.253 e. The molecule has 1 fully saturated rings. The first kappa shape index (κ1) is 20.0. The van der Waals surface area contributed by atoms with Crippen molar-refractivity contribution >= 4 is 42.1 Å². The average Bonchev–Trinajstić information content (AvgIpc) is 3.08. The number of carbonyl (C=O) groups is 1. The minimum atomic E-state index is 0. The van der Waals surface area contributed by atoms with Gasteiger partial charge in [0.25, 0.3) is 5.91 Å². The van der Waals surface area contributed by atoms with Crippen molar-refractivity contribution in [1.82, 2.24) is 20.2 Å². The van der Waals surface area contributed by atoms with Crippen molar-refractivity contribution in [2.24, 2.45) is 0 Å². The molecule has 0 spiro atoms. The molecule has 3 heterocycles. The van der Waals surface area contributed by atoms with E-state index in [9.17, 15) is 4.79 Å². The number of hydrogen-bond acceptors (Lipinski definition) is 4. The van der Waals surface area contributed by atoms with E-state index < -0.39 is 0 Å². The summed E-state index contributed by atoms with van der Waals surface area (Å²) in [6, 6.07) is 2.23. The lowest BCUT2D eigenvalue weighted by molar-refractivity contribution is 0.0929. The number of piperidine rings is 1. The van der Waals surface area contributed by atoms with Crippen molar-refractivity contribution in [1.29, 1.82) is 0 Å². The highest BCUT2D eigenvalue weighted by Gasteiger charge is 2.21. The Hall–Kier alpha value is -1.08. The molecular formula is C15H22Cl2N4OS. The summed E-state index contributed by atoms with van der Waals surface area (Å²) in [4.78, 5) is 16.8. The highest BCUT2D eigenvalue weighted by Crippen LogP contribution is 2.22. The SMILES string of the molecule is Cc1cc(C(=O)NC2CCNCC2)c(C)n1-c1nccs1.Cl.Cl. The third kappa shape index (κ3) is 4.26. The third-order valence-electron chi connectivity index (χ3n) is 3.96. The van der Waals surface area contributed by atoms with E-state index in [1.165, 1.54) is 0 Å². The average molecular weight is 377 g/mol. The molecule has 2 N–H and O–H groups in total. The first-order valence-electron chi connectivity index (χ1n) is 7.27. The Bertz CT molecular complexity index is 636. The molecule has 2 aromatic rings. The van der Waals surface area contributed by atoms with Crippen molar-refractivity contribution in [2.75, 3.05) is 13.1 Å². The van der Waals surface area contributed by atoms with Crippen molar-refractivity contribution in [3.8, 4) is 5.13 Å². The predicted octanol–water partition coefficient (Wildman–Crippen LogP) is 2.88. The van der Waals surface area contributed by atoms with Gasteiger partial charge in [0.1, 0.15) is 0 Å². The fraction of sp³-hybridized carbons (Fsp3) is 0.467. The van der Waals surface area contributed by atoms with E-state index in [2.05, 4.69) is 15.6 Å². The van der Waals surface area contributed by atoms with Crippen LogP contribution >= 0.6 is 36.2 Å². The zero-order valence-electron chi connectivity index (χ0n) is 13.2. The number of nitrogens with one attached hydrogen (secondary N) is 2. The number of aromatic nitrogens is 2. The molecule has 8 heteroatoms. The van der Waals surface area contributed by atoms with E-state index >= 15 is 0 Å². The molecule has 0 aliphatic carbocycles. The maximum atomic E-state index is 12.5. The second kappa shape index (κ2) is 8.68. The number of hydrogen-bond donors (Lipinski definition) is 2. The molecule has 5 nitrogen and oxygen atoms in total. The summed E-state index contributed by atoms with van der Waals surface area (Å²) in [6.45, 7) is 5.94. The van der Waals surface area contributed by atoms with Crippen LogP contribution in [0.1, 0.15) is 34.6 Å². The molecule has 0 aromatic carbocycles. The Labute approximate surface area is 152 Å². The largest absolute Gasteiger partial charge is 0.349 e. The van der Waals surface area contributed by atoms with Gasteiger partial charge in [-0.2, -0.15) is 0 Å². The molecule has 1 aliphatic rings. The van der Waals surface area contributed by atoms with E-state index in [0.717, 1.165) is 48.0 Å². The summed E-state index contributed by atoms with van der Waals surface area (Å²) in [5, 5.41) is 9.32. The second-order valence-corrected chi connectivity index (χ2v) is 6.31. The number of rotatable bonds is 3. The zero-order valence-corrected chi connectivity index (χ0v) is 15.6. The van der Waals surface area contributed by atoms with Crippen molar-refractivity contribution in [3.63, 3.8) is 0 Å². The molecule has 23 heavy (non-hydrogen) atoms. The number of halogens is 2. The molecule has 0 atom stereocenters. The van der Waals surface area contributed by atoms with Crippen LogP contribution in [0.5, 0.6) is 0 Å². The van der Waals surface area contributed by atoms with E-state index in [1.54, 1.807) is 17.5 Å². The Morgan fingerprint density at radius 2 is 2.04 bits per heavy atom. The molecule has 0 bridgehead atoms. The van der Waals surface area contributed by atoms with Gasteiger partial charge in [-0.3, -0.25) is 9.36 Å². The minimum absolute atomic E-state index is 0. The van der Waals surface area contributed by atoms with Gasteiger partial charge in [0, 0.05) is 29.0 Å². The molecule has 2 aromatic heterocycles. The molecule has 0 saturated carbocycles. The fourth-order valence-corrected chi connectivity index (χ4v) is 3.59. The van der Waals surface area contributed by atoms with Crippen LogP contribution in [-0.4, -0.2) is 34.6 Å². The minimum Gasteiger partial charge on any atom is -0.349 e. The van der Waals surface area contributed by atoms with Gasteiger partial charge < -0.3 is 10.6 Å². The monoisotopic (exact) mass is 376 g/mol. The van der Waals surface area contributed by atoms with Crippen LogP contribution in [0, 0.1) is 13.8 Å². The highest BCUT2D eigenvalue weighted by atomic mass is 35.5. The van der Waals surface area contributed by atoms with Crippen molar-refractivity contribution in [3.05, 3.63) is 34.6 Å². The van der Waals surface area contributed by atoms with Gasteiger partial charge in [-0.05, 0) is 45.8 Å². The quantitative estimate of drug-likeness (QED) is 0.865. The van der Waals surface area contributed by atoms with Crippen LogP contribution in [-0.2, 0) is 0 Å². The van der Waals surface area contributed by atoms with Crippen molar-refractivity contribution < 1.29 is 4.79 Å². The maximum Gasteiger partial charge on any atom is 0.253 e. The summed E-state index contributed by atoms with van der Waals surface area (Å²) >= 11 is 1.58. The Morgan fingerprint density at radius 1 is 1.35 bits per heavy atom. The van der Waals surface area contributed by atoms with E-state index in [0.29, 0.717) is 0 Å². The highest BCUT2D eigenvalue weighted by molar-refractivity contribution is 7.12. The van der Waals surface area contributed by atoms with Gasteiger partial charge in [-0.15, -0.1) is 36.2 Å². The van der Waals surface area contributed by atoms with Gasteiger partial charge in [-0.1, -0.05) is 0 Å². The first-order chi connectivity index (χ1) is 10.2. The molecule has 128 valence electrons. The number of carbonyl (C=O) groups excluding carboxylic acids is 1. The van der Waals surface area contributed by atoms with Gasteiger partial charge >= 0.3 is 0 Å². The second-order valence-electron chi connectivity index (χ2n) is 5.43. The molecule has 1 amide bonds. The standard InChI is InChI=1S/C15H20N4OS.2ClH/c1-10-9-13(11(2)19(10)15-17-7-8-21-15)14(20)18-12-3-5-16-6-4-12;;/h7-9,12,16H,3-6H2,1-2H3,(H,18,20);2*1H. The normalized spacial score (nSPS) is 14.7.